The Balaban J connectivity index is 2.23. The van der Waals surface area contributed by atoms with E-state index in [0.29, 0.717) is 0 Å². The van der Waals surface area contributed by atoms with Gasteiger partial charge < -0.3 is 55.4 Å². The minimum Gasteiger partial charge on any atom is -0.394 e. The predicted molar refractivity (Wildman–Crippen MR) is 68.7 cm³/mol. The van der Waals surface area contributed by atoms with Crippen LogP contribution < -0.4 is 0 Å². The van der Waals surface area contributed by atoms with Crippen LogP contribution in [0.3, 0.4) is 0 Å². The molecule has 23 heavy (non-hydrogen) atoms. The van der Waals surface area contributed by atoms with Crippen LogP contribution in [0.25, 0.3) is 0 Å². The summed E-state index contributed by atoms with van der Waals surface area (Å²) in [4.78, 5) is 0. The van der Waals surface area contributed by atoms with Gasteiger partial charge in [0.05, 0.1) is 13.2 Å². The van der Waals surface area contributed by atoms with E-state index in [9.17, 15) is 35.7 Å². The summed E-state index contributed by atoms with van der Waals surface area (Å²) < 4.78 is 9.94. The standard InChI is InChI=1S/C12H22O11/c13-1-3-5(15)7(17)8(18)9(22-3)11(20)12(21)10(19)6(16)4(2-14)23-12/h3-11,13-21H,1-2H2/t3-,4-,5+,6-,7+,8-,9?,10+,11?,12+/m1/s1. The summed E-state index contributed by atoms with van der Waals surface area (Å²) in [5, 5.41) is 87.4. The number of hydrogen-bond donors (Lipinski definition) is 9. The number of hydrogen-bond acceptors (Lipinski definition) is 11. The molecule has 0 aromatic heterocycles. The average molecular weight is 342 g/mol. The third kappa shape index (κ3) is 2.99. The predicted octanol–water partition coefficient (Wildman–Crippen LogP) is -6.01. The lowest BCUT2D eigenvalue weighted by molar-refractivity contribution is -0.328. The van der Waals surface area contributed by atoms with Crippen molar-refractivity contribution >= 4 is 0 Å². The molecular weight excluding hydrogens is 320 g/mol. The van der Waals surface area contributed by atoms with E-state index in [1.165, 1.54) is 0 Å². The summed E-state index contributed by atoms with van der Waals surface area (Å²) in [6, 6.07) is 0. The van der Waals surface area contributed by atoms with Crippen molar-refractivity contribution in [2.75, 3.05) is 13.2 Å². The lowest BCUT2D eigenvalue weighted by Crippen LogP contribution is -2.67. The fraction of sp³-hybridized carbons (Fsp3) is 1.00. The maximum Gasteiger partial charge on any atom is 0.224 e. The Labute approximate surface area is 130 Å². The van der Waals surface area contributed by atoms with Gasteiger partial charge in [-0.3, -0.25) is 0 Å². The highest BCUT2D eigenvalue weighted by molar-refractivity contribution is 5.05. The van der Waals surface area contributed by atoms with Gasteiger partial charge in [-0.25, -0.2) is 0 Å². The zero-order valence-corrected chi connectivity index (χ0v) is 12.0. The molecule has 11 heteroatoms. The largest absolute Gasteiger partial charge is 0.394 e. The van der Waals surface area contributed by atoms with E-state index in [1.807, 2.05) is 0 Å². The van der Waals surface area contributed by atoms with Crippen molar-refractivity contribution in [2.24, 2.45) is 0 Å². The SMILES string of the molecule is OC[C@H]1OC(C(O)[C@@]2(O)O[C@H](CO)[C@@H](O)[C@@H]2O)[C@H](O)[C@@H](O)[C@H]1O. The van der Waals surface area contributed by atoms with Crippen molar-refractivity contribution in [2.45, 2.75) is 60.7 Å². The van der Waals surface area contributed by atoms with Gasteiger partial charge in [0.1, 0.15) is 54.9 Å². The van der Waals surface area contributed by atoms with E-state index >= 15 is 0 Å². The maximum atomic E-state index is 10.3. The molecule has 2 unspecified atom stereocenters. The van der Waals surface area contributed by atoms with E-state index in [0.717, 1.165) is 0 Å². The van der Waals surface area contributed by atoms with Gasteiger partial charge in [0.15, 0.2) is 0 Å². The Bertz CT molecular complexity index is 406. The molecule has 2 fully saturated rings. The van der Waals surface area contributed by atoms with Crippen molar-refractivity contribution in [3.05, 3.63) is 0 Å². The van der Waals surface area contributed by atoms with Crippen LogP contribution in [0.2, 0.25) is 0 Å². The molecule has 2 rings (SSSR count). The molecule has 2 heterocycles. The molecule has 2 saturated heterocycles. The van der Waals surface area contributed by atoms with Crippen LogP contribution in [0.15, 0.2) is 0 Å². The zero-order valence-electron chi connectivity index (χ0n) is 12.0. The summed E-state index contributed by atoms with van der Waals surface area (Å²) in [5.41, 5.74) is 0. The first-order valence-corrected chi connectivity index (χ1v) is 7.04. The van der Waals surface area contributed by atoms with Crippen LogP contribution >= 0.6 is 0 Å². The van der Waals surface area contributed by atoms with Crippen molar-refractivity contribution in [1.29, 1.82) is 0 Å². The van der Waals surface area contributed by atoms with E-state index < -0.39 is 73.9 Å². The first kappa shape index (κ1) is 18.9. The molecular formula is C12H22O11. The van der Waals surface area contributed by atoms with Crippen LogP contribution in [0.1, 0.15) is 0 Å². The zero-order chi connectivity index (χ0) is 17.5. The molecule has 0 spiro atoms. The highest BCUT2D eigenvalue weighted by atomic mass is 16.7. The van der Waals surface area contributed by atoms with Gasteiger partial charge in [0.25, 0.3) is 0 Å². The van der Waals surface area contributed by atoms with Crippen LogP contribution in [0.4, 0.5) is 0 Å². The summed E-state index contributed by atoms with van der Waals surface area (Å²) in [5.74, 6) is -2.81. The first-order chi connectivity index (χ1) is 10.7. The smallest absolute Gasteiger partial charge is 0.224 e. The van der Waals surface area contributed by atoms with Crippen LogP contribution in [-0.2, 0) is 9.47 Å². The fourth-order valence-corrected chi connectivity index (χ4v) is 2.85. The minimum absolute atomic E-state index is 0.752. The molecule has 0 saturated carbocycles. The molecule has 0 radical (unpaired) electrons. The maximum absolute atomic E-state index is 10.3. The second-order valence-electron chi connectivity index (χ2n) is 5.76. The molecule has 2 aliphatic heterocycles. The Morgan fingerprint density at radius 3 is 1.87 bits per heavy atom. The summed E-state index contributed by atoms with van der Waals surface area (Å²) in [6.07, 6.45) is -15.8. The number of aliphatic hydroxyl groups is 9. The van der Waals surface area contributed by atoms with E-state index in [4.69, 9.17) is 19.7 Å². The van der Waals surface area contributed by atoms with Gasteiger partial charge in [-0.1, -0.05) is 0 Å². The Kier molecular flexibility index (Phi) is 5.60. The minimum atomic E-state index is -2.81. The molecule has 9 N–H and O–H groups in total. The summed E-state index contributed by atoms with van der Waals surface area (Å²) >= 11 is 0. The quantitative estimate of drug-likeness (QED) is 0.235. The second kappa shape index (κ2) is 6.82. The Morgan fingerprint density at radius 2 is 1.39 bits per heavy atom. The van der Waals surface area contributed by atoms with Crippen LogP contribution in [0, 0.1) is 0 Å². The third-order valence-electron chi connectivity index (χ3n) is 4.31. The average Bonchev–Trinajstić information content (AvgIpc) is 2.77. The lowest BCUT2D eigenvalue weighted by atomic mass is 9.87. The van der Waals surface area contributed by atoms with Gasteiger partial charge in [-0.2, -0.15) is 0 Å². The van der Waals surface area contributed by atoms with Gasteiger partial charge in [-0.05, 0) is 0 Å². The van der Waals surface area contributed by atoms with E-state index in [-0.39, 0.29) is 0 Å². The van der Waals surface area contributed by atoms with Gasteiger partial charge in [0, 0.05) is 0 Å². The van der Waals surface area contributed by atoms with Gasteiger partial charge in [0.2, 0.25) is 5.79 Å². The normalized spacial score (nSPS) is 52.6. The highest BCUT2D eigenvalue weighted by Gasteiger charge is 2.61. The number of rotatable bonds is 4. The molecule has 11 nitrogen and oxygen atoms in total. The second-order valence-corrected chi connectivity index (χ2v) is 5.76. The molecule has 0 aromatic rings. The topological polar surface area (TPSA) is 201 Å². The van der Waals surface area contributed by atoms with Crippen LogP contribution in [0.5, 0.6) is 0 Å². The monoisotopic (exact) mass is 342 g/mol. The molecule has 0 bridgehead atoms. The number of aliphatic hydroxyl groups excluding tert-OH is 8. The molecule has 0 aromatic carbocycles. The highest BCUT2D eigenvalue weighted by Crippen LogP contribution is 2.36. The number of ether oxygens (including phenoxy) is 2. The Morgan fingerprint density at radius 1 is 0.826 bits per heavy atom. The fourth-order valence-electron chi connectivity index (χ4n) is 2.85. The van der Waals surface area contributed by atoms with E-state index in [2.05, 4.69) is 0 Å². The van der Waals surface area contributed by atoms with Crippen LogP contribution in [-0.4, -0.2) is 120 Å². The molecule has 10 atom stereocenters. The van der Waals surface area contributed by atoms with Crippen molar-refractivity contribution in [3.63, 3.8) is 0 Å². The van der Waals surface area contributed by atoms with E-state index in [1.54, 1.807) is 0 Å². The molecule has 136 valence electrons. The Hall–Kier alpha value is -0.440. The van der Waals surface area contributed by atoms with Crippen molar-refractivity contribution < 1.29 is 55.4 Å². The van der Waals surface area contributed by atoms with Crippen molar-refractivity contribution in [1.82, 2.24) is 0 Å². The molecule has 0 amide bonds. The summed E-state index contributed by atoms with van der Waals surface area (Å²) in [6.45, 7) is -1.51. The lowest BCUT2D eigenvalue weighted by Gasteiger charge is -2.45. The first-order valence-electron chi connectivity index (χ1n) is 7.04. The third-order valence-corrected chi connectivity index (χ3v) is 4.31. The van der Waals surface area contributed by atoms with Gasteiger partial charge >= 0.3 is 0 Å². The van der Waals surface area contributed by atoms with Crippen molar-refractivity contribution in [3.8, 4) is 0 Å². The molecule has 2 aliphatic rings. The molecule has 0 aliphatic carbocycles. The van der Waals surface area contributed by atoms with Gasteiger partial charge in [-0.15, -0.1) is 0 Å². The summed E-state index contributed by atoms with van der Waals surface area (Å²) in [7, 11) is 0.